The Kier molecular flexibility index (Phi) is 7.99. The van der Waals surface area contributed by atoms with E-state index in [1.807, 2.05) is 12.1 Å². The molecule has 0 saturated carbocycles. The number of hydrogen-bond donors (Lipinski definition) is 0. The summed E-state index contributed by atoms with van der Waals surface area (Å²) in [6.45, 7) is 3.78. The number of ketones is 2. The smallest absolute Gasteiger partial charge is 0.260 e. The van der Waals surface area contributed by atoms with E-state index in [0.29, 0.717) is 24.2 Å². The Morgan fingerprint density at radius 3 is 2.03 bits per heavy atom. The molecule has 1 saturated heterocycles. The fourth-order valence-electron chi connectivity index (χ4n) is 3.50. The summed E-state index contributed by atoms with van der Waals surface area (Å²) >= 11 is 0. The molecule has 8 nitrogen and oxygen atoms in total. The third kappa shape index (κ3) is 6.49. The summed E-state index contributed by atoms with van der Waals surface area (Å²) in [6.07, 6.45) is 1.16. The highest BCUT2D eigenvalue weighted by atomic mass is 32.2. The summed E-state index contributed by atoms with van der Waals surface area (Å²) in [5.41, 5.74) is 1.48. The van der Waals surface area contributed by atoms with Gasteiger partial charge in [-0.3, -0.25) is 9.59 Å². The lowest BCUT2D eigenvalue weighted by atomic mass is 10.1. The van der Waals surface area contributed by atoms with Gasteiger partial charge in [-0.1, -0.05) is 24.3 Å². The minimum absolute atomic E-state index is 0.127. The van der Waals surface area contributed by atoms with Crippen LogP contribution < -0.4 is 4.74 Å². The van der Waals surface area contributed by atoms with E-state index in [2.05, 4.69) is 0 Å². The second-order valence-corrected chi connectivity index (χ2v) is 9.94. The summed E-state index contributed by atoms with van der Waals surface area (Å²) in [5.74, 6) is 0.362. The van der Waals surface area contributed by atoms with E-state index < -0.39 is 10.0 Å². The molecule has 0 aliphatic carbocycles. The van der Waals surface area contributed by atoms with Crippen molar-refractivity contribution in [1.82, 2.24) is 9.21 Å². The SMILES string of the molecule is CC(=O)CCc1ccc(OCC(=O)N2CCN(S(=O)(=O)c3ccc(C(C)=O)cc3)CC2)cc1. The van der Waals surface area contributed by atoms with Gasteiger partial charge in [0.1, 0.15) is 11.5 Å². The van der Waals surface area contributed by atoms with Gasteiger partial charge in [0.15, 0.2) is 12.4 Å². The number of hydrogen-bond acceptors (Lipinski definition) is 6. The number of rotatable bonds is 9. The molecule has 0 unspecified atom stereocenters. The first-order chi connectivity index (χ1) is 15.7. The molecule has 2 aromatic rings. The number of nitrogens with zero attached hydrogens (tertiary/aromatic N) is 2. The molecule has 1 amide bonds. The Labute approximate surface area is 194 Å². The minimum Gasteiger partial charge on any atom is -0.484 e. The number of benzene rings is 2. The van der Waals surface area contributed by atoms with Gasteiger partial charge >= 0.3 is 0 Å². The third-order valence-corrected chi connectivity index (χ3v) is 7.45. The number of sulfonamides is 1. The summed E-state index contributed by atoms with van der Waals surface area (Å²) in [4.78, 5) is 36.7. The maximum absolute atomic E-state index is 12.9. The van der Waals surface area contributed by atoms with Crippen molar-refractivity contribution in [1.29, 1.82) is 0 Å². The molecule has 0 atom stereocenters. The van der Waals surface area contributed by atoms with Crippen LogP contribution in [-0.4, -0.2) is 67.9 Å². The van der Waals surface area contributed by atoms with Gasteiger partial charge in [-0.2, -0.15) is 4.31 Å². The highest BCUT2D eigenvalue weighted by Gasteiger charge is 2.30. The predicted octanol–water partition coefficient (Wildman–Crippen LogP) is 2.32. The standard InChI is InChI=1S/C24H28N2O6S/c1-18(27)3-4-20-5-9-22(10-6-20)32-17-24(29)25-13-15-26(16-14-25)33(30,31)23-11-7-21(8-12-23)19(2)28/h5-12H,3-4,13-17H2,1-2H3. The van der Waals surface area contributed by atoms with E-state index in [1.54, 1.807) is 24.0 Å². The lowest BCUT2D eigenvalue weighted by molar-refractivity contribution is -0.134. The quantitative estimate of drug-likeness (QED) is 0.519. The van der Waals surface area contributed by atoms with Crippen molar-refractivity contribution < 1.29 is 27.5 Å². The van der Waals surface area contributed by atoms with E-state index in [0.717, 1.165) is 5.56 Å². The molecular weight excluding hydrogens is 444 g/mol. The molecule has 0 aromatic heterocycles. The van der Waals surface area contributed by atoms with Crippen molar-refractivity contribution in [3.8, 4) is 5.75 Å². The highest BCUT2D eigenvalue weighted by molar-refractivity contribution is 7.89. The summed E-state index contributed by atoms with van der Waals surface area (Å²) in [6, 6.07) is 13.1. The Morgan fingerprint density at radius 1 is 0.879 bits per heavy atom. The van der Waals surface area contributed by atoms with Crippen molar-refractivity contribution in [2.45, 2.75) is 31.6 Å². The van der Waals surface area contributed by atoms with Crippen LogP contribution in [0.25, 0.3) is 0 Å². The second-order valence-electron chi connectivity index (χ2n) is 8.00. The Balaban J connectivity index is 1.49. The molecule has 33 heavy (non-hydrogen) atoms. The lowest BCUT2D eigenvalue weighted by Gasteiger charge is -2.34. The first-order valence-electron chi connectivity index (χ1n) is 10.8. The largest absolute Gasteiger partial charge is 0.484 e. The molecule has 0 N–H and O–H groups in total. The first kappa shape index (κ1) is 24.6. The van der Waals surface area contributed by atoms with Crippen LogP contribution >= 0.6 is 0 Å². The molecule has 2 aromatic carbocycles. The van der Waals surface area contributed by atoms with Crippen LogP contribution in [0.4, 0.5) is 0 Å². The average molecular weight is 473 g/mol. The van der Waals surface area contributed by atoms with Crippen molar-refractivity contribution in [2.24, 2.45) is 0 Å². The fourth-order valence-corrected chi connectivity index (χ4v) is 4.92. The molecule has 1 fully saturated rings. The molecule has 176 valence electrons. The van der Waals surface area contributed by atoms with Gasteiger partial charge in [0.2, 0.25) is 10.0 Å². The van der Waals surface area contributed by atoms with Crippen LogP contribution in [0, 0.1) is 0 Å². The van der Waals surface area contributed by atoms with Gasteiger partial charge in [0.25, 0.3) is 5.91 Å². The van der Waals surface area contributed by atoms with Gasteiger partial charge in [0.05, 0.1) is 4.90 Å². The van der Waals surface area contributed by atoms with Gasteiger partial charge in [-0.25, -0.2) is 8.42 Å². The lowest BCUT2D eigenvalue weighted by Crippen LogP contribution is -2.51. The van der Waals surface area contributed by atoms with Crippen LogP contribution in [0.2, 0.25) is 0 Å². The van der Waals surface area contributed by atoms with Gasteiger partial charge in [0, 0.05) is 38.2 Å². The van der Waals surface area contributed by atoms with E-state index in [-0.39, 0.29) is 55.2 Å². The fraction of sp³-hybridized carbons (Fsp3) is 0.375. The van der Waals surface area contributed by atoms with Crippen molar-refractivity contribution in [3.63, 3.8) is 0 Å². The van der Waals surface area contributed by atoms with E-state index in [4.69, 9.17) is 4.74 Å². The molecule has 0 spiro atoms. The molecule has 0 radical (unpaired) electrons. The molecular formula is C24H28N2O6S. The zero-order valence-corrected chi connectivity index (χ0v) is 19.6. The third-order valence-electron chi connectivity index (χ3n) is 5.54. The van der Waals surface area contributed by atoms with E-state index in [9.17, 15) is 22.8 Å². The summed E-state index contributed by atoms with van der Waals surface area (Å²) in [5, 5.41) is 0. The van der Waals surface area contributed by atoms with Gasteiger partial charge in [-0.15, -0.1) is 0 Å². The van der Waals surface area contributed by atoms with E-state index in [1.165, 1.54) is 35.5 Å². The van der Waals surface area contributed by atoms with Crippen molar-refractivity contribution >= 4 is 27.5 Å². The molecule has 1 heterocycles. The van der Waals surface area contributed by atoms with Crippen LogP contribution in [0.5, 0.6) is 5.75 Å². The van der Waals surface area contributed by atoms with Gasteiger partial charge < -0.3 is 14.4 Å². The van der Waals surface area contributed by atoms with Crippen molar-refractivity contribution in [3.05, 3.63) is 59.7 Å². The zero-order chi connectivity index (χ0) is 24.0. The van der Waals surface area contributed by atoms with E-state index >= 15 is 0 Å². The Morgan fingerprint density at radius 2 is 1.48 bits per heavy atom. The molecule has 1 aliphatic heterocycles. The maximum atomic E-state index is 12.9. The number of piperazine rings is 1. The topological polar surface area (TPSA) is 101 Å². The maximum Gasteiger partial charge on any atom is 0.260 e. The van der Waals surface area contributed by atoms with Crippen LogP contribution in [-0.2, 0) is 26.0 Å². The zero-order valence-electron chi connectivity index (χ0n) is 18.8. The number of carbonyl (C=O) groups is 3. The number of aryl methyl sites for hydroxylation is 1. The normalized spacial score (nSPS) is 14.7. The monoisotopic (exact) mass is 472 g/mol. The molecule has 3 rings (SSSR count). The Hall–Kier alpha value is -3.04. The number of Topliss-reactive ketones (excluding diaryl/α,β-unsaturated/α-hetero) is 2. The highest BCUT2D eigenvalue weighted by Crippen LogP contribution is 2.19. The van der Waals surface area contributed by atoms with Crippen molar-refractivity contribution in [2.75, 3.05) is 32.8 Å². The number of ether oxygens (including phenoxy) is 1. The minimum atomic E-state index is -3.69. The average Bonchev–Trinajstić information content (AvgIpc) is 2.82. The molecule has 9 heteroatoms. The summed E-state index contributed by atoms with van der Waals surface area (Å²) in [7, 11) is -3.69. The Bertz CT molecular complexity index is 1100. The summed E-state index contributed by atoms with van der Waals surface area (Å²) < 4.78 is 32.6. The van der Waals surface area contributed by atoms with Crippen LogP contribution in [0.3, 0.4) is 0 Å². The number of amides is 1. The molecule has 0 bridgehead atoms. The second kappa shape index (κ2) is 10.7. The van der Waals surface area contributed by atoms with Crippen LogP contribution in [0.15, 0.2) is 53.4 Å². The first-order valence-corrected chi connectivity index (χ1v) is 12.2. The number of carbonyl (C=O) groups excluding carboxylic acids is 3. The molecule has 1 aliphatic rings. The predicted molar refractivity (Wildman–Crippen MR) is 123 cm³/mol. The van der Waals surface area contributed by atoms with Crippen LogP contribution in [0.1, 0.15) is 36.2 Å². The van der Waals surface area contributed by atoms with Gasteiger partial charge in [-0.05, 0) is 50.1 Å².